The van der Waals surface area contributed by atoms with E-state index in [4.69, 9.17) is 37.9 Å². The number of carbonyl (C=O) groups is 10. The van der Waals surface area contributed by atoms with Crippen LogP contribution >= 0.6 is 0 Å². The van der Waals surface area contributed by atoms with Gasteiger partial charge >= 0.3 is 41.8 Å². The molecule has 4 amide bonds. The maximum Gasteiger partial charge on any atom is 0.473 e. The first-order valence-corrected chi connectivity index (χ1v) is 37.4. The molecule has 0 aliphatic carbocycles. The molecule has 0 spiro atoms. The Morgan fingerprint density at radius 2 is 0.587 bits per heavy atom. The number of benzene rings is 10. The van der Waals surface area contributed by atoms with Crippen molar-refractivity contribution in [3.8, 4) is 0 Å². The summed E-state index contributed by atoms with van der Waals surface area (Å²) in [5.41, 5.74) is 1.16. The first-order chi connectivity index (χ1) is 59.0. The minimum atomic E-state index is -1.57. The smallest absolute Gasteiger partial charge is 0.459 e. The largest absolute Gasteiger partial charge is 0.473 e. The average molecular weight is 1620 g/mol. The summed E-state index contributed by atoms with van der Waals surface area (Å²) in [5.74, 6) is -9.46. The van der Waals surface area contributed by atoms with Crippen molar-refractivity contribution < 1.29 is 90.8 Å². The number of nitrogens with zero attached hydrogens (tertiary/aromatic N) is 11. The fourth-order valence-electron chi connectivity index (χ4n) is 13.3. The molecule has 2 aliphatic rings. The normalized spacial score (nSPS) is 17.0. The van der Waals surface area contributed by atoms with E-state index in [1.165, 1.54) is 71.6 Å². The first-order valence-electron chi connectivity index (χ1n) is 37.4. The van der Waals surface area contributed by atoms with E-state index in [9.17, 15) is 58.1 Å². The van der Waals surface area contributed by atoms with Crippen LogP contribution in [0.3, 0.4) is 0 Å². The fourth-order valence-corrected chi connectivity index (χ4v) is 13.3. The van der Waals surface area contributed by atoms with Crippen LogP contribution in [0.2, 0.25) is 0 Å². The number of fused-ring (bicyclic) bond motifs is 2. The van der Waals surface area contributed by atoms with Crippen molar-refractivity contribution in [2.75, 3.05) is 23.0 Å². The van der Waals surface area contributed by atoms with Gasteiger partial charge in [0.15, 0.2) is 59.4 Å². The van der Waals surface area contributed by atoms with Gasteiger partial charge in [-0.15, -0.1) is 0 Å². The van der Waals surface area contributed by atoms with Gasteiger partial charge in [0.05, 0.1) is 39.7 Å². The third-order valence-corrected chi connectivity index (χ3v) is 19.1. The SMILES string of the molecule is O=C(OCC1OC(n2cnc3c(N(C(=O)c4ccccc4)C(=O)c4ccccc4)nc([N+](=O)[O-])nc32)C(OC(=O)c2ccccc2)C1OC(=O)c1ccccc1)c1ccccc1.O=C(OCC1OC(n2cnc3c(N(C(=O)c4ccccc4)C(=O)c4ccccc4)ncnc32)C(OC(=O)c2ccccc2)C1OC(=O)c1ccccc1)c1ccccc1. The number of nitro groups is 1. The van der Waals surface area contributed by atoms with Crippen molar-refractivity contribution in [3.63, 3.8) is 0 Å². The summed E-state index contributed by atoms with van der Waals surface area (Å²) in [6, 6.07) is 80.5. The Hall–Kier alpha value is -16.3. The Bertz CT molecular complexity index is 6030. The number of rotatable bonds is 23. The molecule has 31 heteroatoms. The molecule has 8 unspecified atom stereocenters. The second-order valence-corrected chi connectivity index (χ2v) is 26.8. The average Bonchev–Trinajstić information content (AvgIpc) is 1.61. The van der Waals surface area contributed by atoms with Crippen LogP contribution in [0.25, 0.3) is 22.3 Å². The van der Waals surface area contributed by atoms with E-state index in [2.05, 4.69) is 29.9 Å². The van der Waals surface area contributed by atoms with Gasteiger partial charge in [0, 0.05) is 22.3 Å². The van der Waals surface area contributed by atoms with E-state index < -0.39 is 138 Å². The second-order valence-electron chi connectivity index (χ2n) is 26.8. The van der Waals surface area contributed by atoms with Gasteiger partial charge in [0.25, 0.3) is 29.4 Å². The molecule has 4 aromatic heterocycles. The quantitative estimate of drug-likeness (QED) is 0.0189. The number of esters is 6. The molecule has 6 heterocycles. The van der Waals surface area contributed by atoms with Crippen LogP contribution in [0.5, 0.6) is 0 Å². The molecular weight excluding hydrogens is 1560 g/mol. The number of amides is 4. The van der Waals surface area contributed by atoms with Crippen LogP contribution in [-0.2, 0) is 37.9 Å². The van der Waals surface area contributed by atoms with E-state index in [1.54, 1.807) is 243 Å². The van der Waals surface area contributed by atoms with Gasteiger partial charge in [-0.3, -0.25) is 28.3 Å². The Labute approximate surface area is 686 Å². The molecule has 8 atom stereocenters. The molecule has 16 rings (SSSR count). The maximum absolute atomic E-state index is 14.3. The van der Waals surface area contributed by atoms with E-state index in [0.29, 0.717) is 4.90 Å². The van der Waals surface area contributed by atoms with Crippen LogP contribution in [-0.4, -0.2) is 153 Å². The van der Waals surface area contributed by atoms with Gasteiger partial charge in [-0.2, -0.15) is 0 Å². The number of anilines is 2. The summed E-state index contributed by atoms with van der Waals surface area (Å²) >= 11 is 0. The lowest BCUT2D eigenvalue weighted by Crippen LogP contribution is -2.41. The maximum atomic E-state index is 14.3. The lowest BCUT2D eigenvalue weighted by molar-refractivity contribution is -0.394. The minimum Gasteiger partial charge on any atom is -0.459 e. The number of aromatic nitrogens is 8. The molecule has 14 aromatic rings. The van der Waals surface area contributed by atoms with Gasteiger partial charge in [0.1, 0.15) is 38.1 Å². The lowest BCUT2D eigenvalue weighted by Gasteiger charge is -2.25. The second kappa shape index (κ2) is 36.7. The van der Waals surface area contributed by atoms with Gasteiger partial charge in [-0.1, -0.05) is 182 Å². The van der Waals surface area contributed by atoms with E-state index >= 15 is 0 Å². The topological polar surface area (TPSA) is 381 Å². The minimum absolute atomic E-state index is 0.0228. The molecule has 2 saturated heterocycles. The van der Waals surface area contributed by atoms with Gasteiger partial charge < -0.3 is 48.0 Å². The van der Waals surface area contributed by atoms with Crippen molar-refractivity contribution in [1.29, 1.82) is 0 Å². The summed E-state index contributed by atoms with van der Waals surface area (Å²) in [4.78, 5) is 177. The summed E-state index contributed by atoms with van der Waals surface area (Å²) in [7, 11) is 0. The molecular formula is C90H65N11O20. The summed E-state index contributed by atoms with van der Waals surface area (Å²) in [6.07, 6.45) is -7.57. The van der Waals surface area contributed by atoms with E-state index in [-0.39, 0.29) is 83.8 Å². The first kappa shape index (κ1) is 79.9. The fraction of sp³-hybridized carbons (Fsp3) is 0.111. The van der Waals surface area contributed by atoms with Crippen LogP contribution < -0.4 is 9.80 Å². The summed E-state index contributed by atoms with van der Waals surface area (Å²) in [5, 5.41) is 12.5. The Kier molecular flexibility index (Phi) is 24.2. The number of hydrogen-bond acceptors (Lipinski definition) is 26. The van der Waals surface area contributed by atoms with Crippen molar-refractivity contribution in [2.45, 2.75) is 49.1 Å². The van der Waals surface area contributed by atoms with Crippen LogP contribution in [0.4, 0.5) is 17.6 Å². The molecule has 0 radical (unpaired) electrons. The molecule has 2 fully saturated rings. The molecule has 10 aromatic carbocycles. The van der Waals surface area contributed by atoms with Crippen LogP contribution in [0.1, 0.15) is 116 Å². The highest BCUT2D eigenvalue weighted by Crippen LogP contribution is 2.41. The predicted octanol–water partition coefficient (Wildman–Crippen LogP) is 12.9. The van der Waals surface area contributed by atoms with Crippen molar-refractivity contribution in [3.05, 3.63) is 388 Å². The number of imidazole rings is 2. The molecule has 2 aliphatic heterocycles. The van der Waals surface area contributed by atoms with Crippen LogP contribution in [0, 0.1) is 10.1 Å². The predicted molar refractivity (Wildman–Crippen MR) is 429 cm³/mol. The molecule has 121 heavy (non-hydrogen) atoms. The number of ether oxygens (including phenoxy) is 8. The lowest BCUT2D eigenvalue weighted by atomic mass is 10.1. The highest BCUT2D eigenvalue weighted by molar-refractivity contribution is 6.28. The van der Waals surface area contributed by atoms with Gasteiger partial charge in [0.2, 0.25) is 5.65 Å². The van der Waals surface area contributed by atoms with Gasteiger partial charge in [-0.05, 0) is 136 Å². The van der Waals surface area contributed by atoms with E-state index in [1.807, 2.05) is 0 Å². The number of imide groups is 2. The summed E-state index contributed by atoms with van der Waals surface area (Å²) < 4.78 is 51.2. The Morgan fingerprint density at radius 1 is 0.322 bits per heavy atom. The standard InChI is InChI=1S/C45H32N6O11.C45H33N5O9/c52-39(28-16-6-1-7-17-28)50(40(53)29-18-8-2-9-19-29)38-34-37(47-45(48-38)51(57)58)49(27-46-34)41-36(62-44(56)32-24-14-5-15-25-32)35(61-43(55)31-22-12-4-13-23-31)33(60-41)26-59-42(54)30-20-10-3-11-21-30;51-40(29-16-6-1-7-17-29)50(41(52)30-18-8-2-9-19-30)39-35-38(46-27-47-39)49(28-48-35)42-37(59-45(55)33-24-14-5-15-25-33)36(58-44(54)32-22-12-4-13-23-32)34(57-42)26-56-43(53)31-20-10-3-11-21-31/h1-25,27,33,35-36,41H,26H2;1-25,27-28,34,36-37,42H,26H2. The Balaban J connectivity index is 0.000000188. The van der Waals surface area contributed by atoms with Gasteiger partial charge in [-0.25, -0.2) is 58.5 Å². The summed E-state index contributed by atoms with van der Waals surface area (Å²) in [6.45, 7) is -0.956. The highest BCUT2D eigenvalue weighted by Gasteiger charge is 2.54. The van der Waals surface area contributed by atoms with Crippen molar-refractivity contribution in [2.24, 2.45) is 0 Å². The van der Waals surface area contributed by atoms with E-state index in [0.717, 1.165) is 22.1 Å². The molecule has 600 valence electrons. The van der Waals surface area contributed by atoms with Crippen molar-refractivity contribution in [1.82, 2.24) is 39.0 Å². The molecule has 0 saturated carbocycles. The zero-order valence-electron chi connectivity index (χ0n) is 63.2. The molecule has 0 N–H and O–H groups in total. The molecule has 0 bridgehead atoms. The zero-order chi connectivity index (χ0) is 83.9. The number of hydrogen-bond donors (Lipinski definition) is 0. The Morgan fingerprint density at radius 3 is 0.893 bits per heavy atom. The molecule has 31 nitrogen and oxygen atoms in total. The third kappa shape index (κ3) is 17.8. The van der Waals surface area contributed by atoms with Crippen molar-refractivity contribution >= 4 is 99.4 Å². The van der Waals surface area contributed by atoms with Crippen LogP contribution in [0.15, 0.2) is 322 Å². The number of carbonyl (C=O) groups excluding carboxylic acids is 10. The zero-order valence-corrected chi connectivity index (χ0v) is 63.2. The third-order valence-electron chi connectivity index (χ3n) is 19.1. The highest BCUT2D eigenvalue weighted by atomic mass is 16.7. The monoisotopic (exact) mass is 1620 g/mol.